The molecule has 0 radical (unpaired) electrons. The fourth-order valence-corrected chi connectivity index (χ4v) is 3.62. The molecule has 0 bridgehead atoms. The number of nitrogens with one attached hydrogen (secondary N) is 3. The third kappa shape index (κ3) is 4.27. The second-order valence-corrected chi connectivity index (χ2v) is 7.27. The van der Waals surface area contributed by atoms with Crippen LogP contribution >= 0.6 is 0 Å². The summed E-state index contributed by atoms with van der Waals surface area (Å²) in [6, 6.07) is 11.6. The lowest BCUT2D eigenvalue weighted by Gasteiger charge is -2.22. The van der Waals surface area contributed by atoms with Crippen LogP contribution in [0.1, 0.15) is 40.6 Å². The Labute approximate surface area is 168 Å². The Morgan fingerprint density at radius 2 is 2.00 bits per heavy atom. The molecule has 0 unspecified atom stereocenters. The second kappa shape index (κ2) is 8.40. The molecule has 3 N–H and O–H groups in total. The smallest absolute Gasteiger partial charge is 0.261 e. The molecule has 8 nitrogen and oxygen atoms in total. The van der Waals surface area contributed by atoms with E-state index in [4.69, 9.17) is 0 Å². The van der Waals surface area contributed by atoms with Gasteiger partial charge in [-0.2, -0.15) is 0 Å². The summed E-state index contributed by atoms with van der Waals surface area (Å²) in [5.41, 5.74) is 2.84. The summed E-state index contributed by atoms with van der Waals surface area (Å²) in [7, 11) is 0. The van der Waals surface area contributed by atoms with E-state index in [1.165, 1.54) is 0 Å². The number of piperidine rings is 1. The number of carbonyl (C=O) groups excluding carboxylic acids is 1. The molecule has 8 heteroatoms. The summed E-state index contributed by atoms with van der Waals surface area (Å²) in [6.45, 7) is 3.98. The lowest BCUT2D eigenvalue weighted by molar-refractivity contribution is 0.0949. The first-order chi connectivity index (χ1) is 14.1. The Morgan fingerprint density at radius 3 is 2.76 bits per heavy atom. The van der Waals surface area contributed by atoms with Gasteiger partial charge in [0.2, 0.25) is 0 Å². The molecular formula is C21H24N6O2. The first-order valence-electron chi connectivity index (χ1n) is 9.81. The quantitative estimate of drug-likeness (QED) is 0.614. The van der Waals surface area contributed by atoms with Crippen LogP contribution in [0.2, 0.25) is 0 Å². The van der Waals surface area contributed by atoms with E-state index in [0.717, 1.165) is 42.8 Å². The maximum atomic E-state index is 12.6. The zero-order chi connectivity index (χ0) is 20.2. The predicted octanol–water partition coefficient (Wildman–Crippen LogP) is 1.80. The molecule has 1 amide bonds. The third-order valence-electron chi connectivity index (χ3n) is 5.24. The number of benzene rings is 1. The van der Waals surface area contributed by atoms with Crippen LogP contribution < -0.4 is 16.2 Å². The number of hydrogen-bond donors (Lipinski definition) is 3. The van der Waals surface area contributed by atoms with Crippen LogP contribution in [0.5, 0.6) is 0 Å². The zero-order valence-corrected chi connectivity index (χ0v) is 16.3. The van der Waals surface area contributed by atoms with E-state index >= 15 is 0 Å². The van der Waals surface area contributed by atoms with Crippen molar-refractivity contribution in [2.45, 2.75) is 32.4 Å². The Balaban J connectivity index is 1.47. The van der Waals surface area contributed by atoms with Crippen molar-refractivity contribution in [1.29, 1.82) is 0 Å². The summed E-state index contributed by atoms with van der Waals surface area (Å²) >= 11 is 0. The zero-order valence-electron chi connectivity index (χ0n) is 16.3. The molecule has 0 saturated carbocycles. The molecule has 4 rings (SSSR count). The van der Waals surface area contributed by atoms with Gasteiger partial charge in [-0.1, -0.05) is 35.5 Å². The average Bonchev–Trinajstić information content (AvgIpc) is 3.22. The minimum Gasteiger partial charge on any atom is -0.346 e. The van der Waals surface area contributed by atoms with Crippen LogP contribution in [0.25, 0.3) is 11.1 Å². The Bertz CT molecular complexity index is 1050. The molecule has 1 saturated heterocycles. The molecule has 3 aromatic rings. The van der Waals surface area contributed by atoms with Crippen LogP contribution in [0.4, 0.5) is 0 Å². The first-order valence-corrected chi connectivity index (χ1v) is 9.81. The van der Waals surface area contributed by atoms with E-state index < -0.39 is 11.5 Å². The predicted molar refractivity (Wildman–Crippen MR) is 110 cm³/mol. The van der Waals surface area contributed by atoms with E-state index in [9.17, 15) is 9.59 Å². The van der Waals surface area contributed by atoms with Crippen molar-refractivity contribution in [2.75, 3.05) is 13.1 Å². The molecule has 2 aromatic heterocycles. The van der Waals surface area contributed by atoms with Crippen molar-refractivity contribution < 1.29 is 4.79 Å². The maximum Gasteiger partial charge on any atom is 0.261 e. The molecule has 1 aromatic carbocycles. The van der Waals surface area contributed by atoms with Crippen molar-refractivity contribution in [2.24, 2.45) is 0 Å². The number of carbonyl (C=O) groups is 1. The number of pyridine rings is 1. The number of aromatic amines is 1. The topological polar surface area (TPSA) is 105 Å². The summed E-state index contributed by atoms with van der Waals surface area (Å²) in [5, 5.41) is 14.5. The van der Waals surface area contributed by atoms with E-state index in [-0.39, 0.29) is 12.1 Å². The molecule has 0 atom stereocenters. The van der Waals surface area contributed by atoms with Crippen LogP contribution in [0.3, 0.4) is 0 Å². The molecule has 1 aliphatic rings. The second-order valence-electron chi connectivity index (χ2n) is 7.27. The van der Waals surface area contributed by atoms with Crippen LogP contribution in [0, 0.1) is 6.92 Å². The van der Waals surface area contributed by atoms with Crippen molar-refractivity contribution in [3.8, 4) is 11.1 Å². The van der Waals surface area contributed by atoms with Gasteiger partial charge >= 0.3 is 0 Å². The molecule has 150 valence electrons. The highest BCUT2D eigenvalue weighted by molar-refractivity contribution is 5.95. The highest BCUT2D eigenvalue weighted by Crippen LogP contribution is 2.21. The maximum absolute atomic E-state index is 12.6. The van der Waals surface area contributed by atoms with Gasteiger partial charge in [-0.3, -0.25) is 9.59 Å². The Hall–Kier alpha value is -3.26. The molecule has 1 fully saturated rings. The van der Waals surface area contributed by atoms with E-state index in [1.807, 2.05) is 48.1 Å². The minimum atomic E-state index is -0.431. The van der Waals surface area contributed by atoms with Gasteiger partial charge in [0, 0.05) is 11.3 Å². The van der Waals surface area contributed by atoms with E-state index in [0.29, 0.717) is 11.7 Å². The van der Waals surface area contributed by atoms with Gasteiger partial charge in [-0.25, -0.2) is 4.68 Å². The van der Waals surface area contributed by atoms with Crippen molar-refractivity contribution in [3.63, 3.8) is 0 Å². The third-order valence-corrected chi connectivity index (χ3v) is 5.24. The van der Waals surface area contributed by atoms with Gasteiger partial charge < -0.3 is 15.6 Å². The number of hydrogen-bond acceptors (Lipinski definition) is 5. The molecular weight excluding hydrogens is 368 g/mol. The summed E-state index contributed by atoms with van der Waals surface area (Å²) < 4.78 is 1.87. The van der Waals surface area contributed by atoms with Crippen LogP contribution in [0.15, 0.2) is 47.4 Å². The summed E-state index contributed by atoms with van der Waals surface area (Å²) in [6.07, 6.45) is 3.89. The fraction of sp³-hybridized carbons (Fsp3) is 0.333. The lowest BCUT2D eigenvalue weighted by atomic mass is 10.0. The normalized spacial score (nSPS) is 14.7. The summed E-state index contributed by atoms with van der Waals surface area (Å²) in [5.74, 6) is -0.431. The van der Waals surface area contributed by atoms with Crippen molar-refractivity contribution >= 4 is 5.91 Å². The SMILES string of the molecule is Cc1[nH]c(=O)c(C(=O)NCc2cn(C3CCNCC3)nn2)cc1-c1ccccc1. The monoisotopic (exact) mass is 392 g/mol. The Morgan fingerprint density at radius 1 is 1.24 bits per heavy atom. The Kier molecular flexibility index (Phi) is 5.53. The first kappa shape index (κ1) is 19.1. The number of rotatable bonds is 5. The van der Waals surface area contributed by atoms with E-state index in [2.05, 4.69) is 25.9 Å². The molecule has 3 heterocycles. The number of aromatic nitrogens is 4. The van der Waals surface area contributed by atoms with Gasteiger partial charge in [0.05, 0.1) is 18.8 Å². The number of aryl methyl sites for hydroxylation is 1. The molecule has 0 spiro atoms. The standard InChI is InChI=1S/C21H24N6O2/c1-14-18(15-5-3-2-4-6-15)11-19(21(29)24-14)20(28)23-12-16-13-27(26-25-16)17-7-9-22-10-8-17/h2-6,11,13,17,22H,7-10,12H2,1H3,(H,23,28)(H,24,29). The molecule has 1 aliphatic heterocycles. The van der Waals surface area contributed by atoms with Crippen molar-refractivity contribution in [3.05, 3.63) is 69.9 Å². The fourth-order valence-electron chi connectivity index (χ4n) is 3.62. The highest BCUT2D eigenvalue weighted by Gasteiger charge is 2.18. The molecule has 29 heavy (non-hydrogen) atoms. The van der Waals surface area contributed by atoms with Crippen molar-refractivity contribution in [1.82, 2.24) is 30.6 Å². The average molecular weight is 392 g/mol. The number of nitrogens with zero attached hydrogens (tertiary/aromatic N) is 3. The van der Waals surface area contributed by atoms with Crippen LogP contribution in [-0.2, 0) is 6.54 Å². The van der Waals surface area contributed by atoms with Gasteiger partial charge in [-0.05, 0) is 44.5 Å². The molecule has 0 aliphatic carbocycles. The minimum absolute atomic E-state index is 0.0835. The van der Waals surface area contributed by atoms with Gasteiger partial charge in [0.25, 0.3) is 11.5 Å². The largest absolute Gasteiger partial charge is 0.346 e. The van der Waals surface area contributed by atoms with Gasteiger partial charge in [0.15, 0.2) is 0 Å². The number of H-pyrrole nitrogens is 1. The van der Waals surface area contributed by atoms with Crippen LogP contribution in [-0.4, -0.2) is 39.0 Å². The van der Waals surface area contributed by atoms with Gasteiger partial charge in [0.1, 0.15) is 11.3 Å². The van der Waals surface area contributed by atoms with E-state index in [1.54, 1.807) is 6.07 Å². The highest BCUT2D eigenvalue weighted by atomic mass is 16.2. The summed E-state index contributed by atoms with van der Waals surface area (Å²) in [4.78, 5) is 27.8. The lowest BCUT2D eigenvalue weighted by Crippen LogP contribution is -2.30. The number of amides is 1. The van der Waals surface area contributed by atoms with Gasteiger partial charge in [-0.15, -0.1) is 5.10 Å².